The number of rotatable bonds is 4. The number of imidazole rings is 1. The number of ether oxygens (including phenoxy) is 1. The number of aromatic nitrogens is 2. The molecule has 7 heteroatoms. The Bertz CT molecular complexity index is 748. The molecule has 7 nitrogen and oxygen atoms in total. The first kappa shape index (κ1) is 17.3. The van der Waals surface area contributed by atoms with Crippen molar-refractivity contribution < 1.29 is 14.3 Å². The van der Waals surface area contributed by atoms with E-state index in [4.69, 9.17) is 4.74 Å². The molecule has 1 aromatic heterocycles. The third-order valence-electron chi connectivity index (χ3n) is 4.32. The molecule has 1 fully saturated rings. The first-order chi connectivity index (χ1) is 12.0. The van der Waals surface area contributed by atoms with Gasteiger partial charge in [0.05, 0.1) is 24.0 Å². The number of piperidine rings is 1. The predicted molar refractivity (Wildman–Crippen MR) is 94.3 cm³/mol. The van der Waals surface area contributed by atoms with Crippen molar-refractivity contribution in [1.29, 1.82) is 0 Å². The van der Waals surface area contributed by atoms with Crippen LogP contribution in [0.2, 0.25) is 0 Å². The van der Waals surface area contributed by atoms with Crippen LogP contribution in [0.4, 0.5) is 4.79 Å². The molecule has 1 aliphatic heterocycles. The van der Waals surface area contributed by atoms with Crippen molar-refractivity contribution in [2.24, 2.45) is 5.92 Å². The number of aromatic amines is 1. The monoisotopic (exact) mass is 344 g/mol. The summed E-state index contributed by atoms with van der Waals surface area (Å²) in [6.45, 7) is 5.65. The van der Waals surface area contributed by atoms with Gasteiger partial charge in [0.15, 0.2) is 0 Å². The topological polar surface area (TPSA) is 87.3 Å². The van der Waals surface area contributed by atoms with Gasteiger partial charge in [0.25, 0.3) is 5.91 Å². The molecule has 134 valence electrons. The molecular formula is C18H24N4O3. The number of fused-ring (bicyclic) bond motifs is 1. The summed E-state index contributed by atoms with van der Waals surface area (Å²) in [6, 6.07) is 5.54. The van der Waals surface area contributed by atoms with E-state index in [0.29, 0.717) is 31.2 Å². The van der Waals surface area contributed by atoms with Gasteiger partial charge in [-0.1, -0.05) is 13.8 Å². The predicted octanol–water partition coefficient (Wildman–Crippen LogP) is 2.55. The molecule has 2 amide bonds. The molecule has 1 saturated heterocycles. The average molecular weight is 344 g/mol. The first-order valence-electron chi connectivity index (χ1n) is 8.68. The summed E-state index contributed by atoms with van der Waals surface area (Å²) in [6.07, 6.45) is 2.71. The molecule has 2 heterocycles. The van der Waals surface area contributed by atoms with Crippen LogP contribution in [0.3, 0.4) is 0 Å². The van der Waals surface area contributed by atoms with E-state index in [1.54, 1.807) is 12.4 Å². The summed E-state index contributed by atoms with van der Waals surface area (Å²) in [5, 5.41) is 2.88. The summed E-state index contributed by atoms with van der Waals surface area (Å²) in [4.78, 5) is 33.4. The van der Waals surface area contributed by atoms with Crippen LogP contribution in [0.25, 0.3) is 11.0 Å². The van der Waals surface area contributed by atoms with Crippen LogP contribution in [0.1, 0.15) is 37.0 Å². The molecule has 0 unspecified atom stereocenters. The molecule has 0 saturated carbocycles. The van der Waals surface area contributed by atoms with Crippen molar-refractivity contribution in [3.63, 3.8) is 0 Å². The standard InChI is InChI=1S/C18H24N4O3/c1-12(2)10-25-18(24)21-14-5-7-22(8-6-14)17(23)13-3-4-15-16(9-13)20-11-19-15/h3-4,9,11-12,14H,5-8,10H2,1-2H3,(H,19,20)(H,21,24). The van der Waals surface area contributed by atoms with E-state index in [0.717, 1.165) is 23.9 Å². The van der Waals surface area contributed by atoms with E-state index in [9.17, 15) is 9.59 Å². The summed E-state index contributed by atoms with van der Waals surface area (Å²) in [5.74, 6) is 0.328. The van der Waals surface area contributed by atoms with Crippen LogP contribution >= 0.6 is 0 Å². The fourth-order valence-electron chi connectivity index (χ4n) is 2.93. The maximum Gasteiger partial charge on any atom is 0.407 e. The third kappa shape index (κ3) is 4.29. The highest BCUT2D eigenvalue weighted by Crippen LogP contribution is 2.17. The minimum Gasteiger partial charge on any atom is -0.449 e. The number of benzene rings is 1. The van der Waals surface area contributed by atoms with Crippen molar-refractivity contribution in [2.45, 2.75) is 32.7 Å². The first-order valence-corrected chi connectivity index (χ1v) is 8.68. The van der Waals surface area contributed by atoms with Gasteiger partial charge in [-0.05, 0) is 37.0 Å². The number of alkyl carbamates (subject to hydrolysis) is 1. The van der Waals surface area contributed by atoms with E-state index in [2.05, 4.69) is 15.3 Å². The third-order valence-corrected chi connectivity index (χ3v) is 4.32. The molecule has 0 radical (unpaired) electrons. The number of nitrogens with one attached hydrogen (secondary N) is 2. The highest BCUT2D eigenvalue weighted by atomic mass is 16.5. The van der Waals surface area contributed by atoms with Crippen LogP contribution in [-0.2, 0) is 4.74 Å². The number of hydrogen-bond acceptors (Lipinski definition) is 4. The van der Waals surface area contributed by atoms with E-state index >= 15 is 0 Å². The smallest absolute Gasteiger partial charge is 0.407 e. The van der Waals surface area contributed by atoms with Gasteiger partial charge in [-0.2, -0.15) is 0 Å². The number of H-pyrrole nitrogens is 1. The van der Waals surface area contributed by atoms with Crippen molar-refractivity contribution in [3.8, 4) is 0 Å². The molecule has 0 spiro atoms. The molecule has 1 aliphatic rings. The van der Waals surface area contributed by atoms with Gasteiger partial charge in [-0.25, -0.2) is 9.78 Å². The quantitative estimate of drug-likeness (QED) is 0.892. The Morgan fingerprint density at radius 3 is 2.84 bits per heavy atom. The zero-order chi connectivity index (χ0) is 17.8. The molecule has 0 aliphatic carbocycles. The molecular weight excluding hydrogens is 320 g/mol. The van der Waals surface area contributed by atoms with Gasteiger partial charge in [0, 0.05) is 24.7 Å². The molecule has 0 atom stereocenters. The Labute approximate surface area is 146 Å². The summed E-state index contributed by atoms with van der Waals surface area (Å²) < 4.78 is 5.14. The van der Waals surface area contributed by atoms with Crippen molar-refractivity contribution in [3.05, 3.63) is 30.1 Å². The van der Waals surface area contributed by atoms with E-state index in [1.165, 1.54) is 0 Å². The molecule has 1 aromatic carbocycles. The van der Waals surface area contributed by atoms with Gasteiger partial charge in [-0.3, -0.25) is 4.79 Å². The minimum atomic E-state index is -0.372. The van der Waals surface area contributed by atoms with Crippen LogP contribution in [0.15, 0.2) is 24.5 Å². The number of carbonyl (C=O) groups excluding carboxylic acids is 2. The number of nitrogens with zero attached hydrogens (tertiary/aromatic N) is 2. The second-order valence-corrected chi connectivity index (χ2v) is 6.84. The second-order valence-electron chi connectivity index (χ2n) is 6.84. The SMILES string of the molecule is CC(C)COC(=O)NC1CCN(C(=O)c2ccc3nc[nH]c3c2)CC1. The van der Waals surface area contributed by atoms with Crippen molar-refractivity contribution in [1.82, 2.24) is 20.2 Å². The Balaban J connectivity index is 1.51. The van der Waals surface area contributed by atoms with Crippen LogP contribution in [0.5, 0.6) is 0 Å². The van der Waals surface area contributed by atoms with Crippen LogP contribution in [-0.4, -0.2) is 52.6 Å². The maximum absolute atomic E-state index is 12.7. The van der Waals surface area contributed by atoms with Crippen molar-refractivity contribution in [2.75, 3.05) is 19.7 Å². The zero-order valence-electron chi connectivity index (χ0n) is 14.6. The summed E-state index contributed by atoms with van der Waals surface area (Å²) >= 11 is 0. The van der Waals surface area contributed by atoms with Gasteiger partial charge in [0.2, 0.25) is 0 Å². The van der Waals surface area contributed by atoms with Gasteiger partial charge < -0.3 is 19.9 Å². The highest BCUT2D eigenvalue weighted by Gasteiger charge is 2.25. The van der Waals surface area contributed by atoms with E-state index < -0.39 is 0 Å². The molecule has 0 bridgehead atoms. The van der Waals surface area contributed by atoms with Crippen LogP contribution in [0, 0.1) is 5.92 Å². The lowest BCUT2D eigenvalue weighted by Gasteiger charge is -2.32. The average Bonchev–Trinajstić information content (AvgIpc) is 3.07. The Kier molecular flexibility index (Phi) is 5.21. The zero-order valence-corrected chi connectivity index (χ0v) is 14.6. The Morgan fingerprint density at radius 2 is 2.12 bits per heavy atom. The molecule has 25 heavy (non-hydrogen) atoms. The maximum atomic E-state index is 12.7. The lowest BCUT2D eigenvalue weighted by atomic mass is 10.0. The second kappa shape index (κ2) is 7.55. The number of carbonyl (C=O) groups is 2. The number of likely N-dealkylation sites (tertiary alicyclic amines) is 1. The van der Waals surface area contributed by atoms with Crippen molar-refractivity contribution >= 4 is 23.0 Å². The molecule has 3 rings (SSSR count). The van der Waals surface area contributed by atoms with Gasteiger partial charge >= 0.3 is 6.09 Å². The summed E-state index contributed by atoms with van der Waals surface area (Å²) in [7, 11) is 0. The lowest BCUT2D eigenvalue weighted by Crippen LogP contribution is -2.46. The van der Waals surface area contributed by atoms with E-state index in [-0.39, 0.29) is 18.0 Å². The van der Waals surface area contributed by atoms with Crippen LogP contribution < -0.4 is 5.32 Å². The van der Waals surface area contributed by atoms with E-state index in [1.807, 2.05) is 30.9 Å². The summed E-state index contributed by atoms with van der Waals surface area (Å²) in [5.41, 5.74) is 2.36. The minimum absolute atomic E-state index is 0.0114. The number of hydrogen-bond donors (Lipinski definition) is 2. The largest absolute Gasteiger partial charge is 0.449 e. The fraction of sp³-hybridized carbons (Fsp3) is 0.500. The number of amides is 2. The molecule has 2 N–H and O–H groups in total. The lowest BCUT2D eigenvalue weighted by molar-refractivity contribution is 0.0700. The fourth-order valence-corrected chi connectivity index (χ4v) is 2.93. The Morgan fingerprint density at radius 1 is 1.36 bits per heavy atom. The van der Waals surface area contributed by atoms with Gasteiger partial charge in [-0.15, -0.1) is 0 Å². The highest BCUT2D eigenvalue weighted by molar-refractivity contribution is 5.97. The molecule has 2 aromatic rings. The van der Waals surface area contributed by atoms with Gasteiger partial charge in [0.1, 0.15) is 0 Å². The normalized spacial score (nSPS) is 15.6. The Hall–Kier alpha value is -2.57.